The zero-order valence-corrected chi connectivity index (χ0v) is 11.8. The summed E-state index contributed by atoms with van der Waals surface area (Å²) in [4.78, 5) is 11.3. The SMILES string of the molecule is CCC(=O)Nc1ccc(N[C@H](C)c2nnc(C)o2)cc1. The van der Waals surface area contributed by atoms with Crippen molar-refractivity contribution in [1.82, 2.24) is 10.2 Å². The monoisotopic (exact) mass is 274 g/mol. The second-order valence-electron chi connectivity index (χ2n) is 4.50. The molecule has 0 spiro atoms. The molecule has 106 valence electrons. The number of amides is 1. The molecule has 1 heterocycles. The molecule has 1 atom stereocenters. The van der Waals surface area contributed by atoms with Gasteiger partial charge in [0.15, 0.2) is 0 Å². The number of benzene rings is 1. The molecular formula is C14H18N4O2. The average molecular weight is 274 g/mol. The van der Waals surface area contributed by atoms with Crippen LogP contribution in [0.2, 0.25) is 0 Å². The molecule has 1 aromatic heterocycles. The van der Waals surface area contributed by atoms with Gasteiger partial charge in [-0.2, -0.15) is 0 Å². The molecule has 0 aliphatic rings. The Kier molecular flexibility index (Phi) is 4.34. The number of hydrogen-bond acceptors (Lipinski definition) is 5. The van der Waals surface area contributed by atoms with Crippen LogP contribution in [0.25, 0.3) is 0 Å². The Hall–Kier alpha value is -2.37. The van der Waals surface area contributed by atoms with E-state index < -0.39 is 0 Å². The number of aromatic nitrogens is 2. The third-order valence-corrected chi connectivity index (χ3v) is 2.79. The summed E-state index contributed by atoms with van der Waals surface area (Å²) in [5.41, 5.74) is 1.70. The maximum absolute atomic E-state index is 11.3. The third-order valence-electron chi connectivity index (χ3n) is 2.79. The van der Waals surface area contributed by atoms with Crippen LogP contribution in [0.4, 0.5) is 11.4 Å². The summed E-state index contributed by atoms with van der Waals surface area (Å²) >= 11 is 0. The summed E-state index contributed by atoms with van der Waals surface area (Å²) < 4.78 is 5.37. The Morgan fingerprint density at radius 2 is 1.90 bits per heavy atom. The predicted octanol–water partition coefficient (Wildman–Crippen LogP) is 2.90. The van der Waals surface area contributed by atoms with Gasteiger partial charge in [-0.3, -0.25) is 4.79 Å². The van der Waals surface area contributed by atoms with Crippen LogP contribution in [-0.2, 0) is 4.79 Å². The highest BCUT2D eigenvalue weighted by Gasteiger charge is 2.12. The van der Waals surface area contributed by atoms with Gasteiger partial charge in [0.25, 0.3) is 0 Å². The quantitative estimate of drug-likeness (QED) is 0.876. The van der Waals surface area contributed by atoms with Gasteiger partial charge in [-0.15, -0.1) is 10.2 Å². The van der Waals surface area contributed by atoms with Gasteiger partial charge in [0.1, 0.15) is 6.04 Å². The van der Waals surface area contributed by atoms with Gasteiger partial charge < -0.3 is 15.1 Å². The molecule has 6 heteroatoms. The number of anilines is 2. The average Bonchev–Trinajstić information content (AvgIpc) is 2.87. The molecule has 0 radical (unpaired) electrons. The molecule has 0 fully saturated rings. The first-order chi connectivity index (χ1) is 9.58. The van der Waals surface area contributed by atoms with Crippen LogP contribution in [0, 0.1) is 6.92 Å². The Bertz CT molecular complexity index is 577. The first kappa shape index (κ1) is 14.0. The number of nitrogens with one attached hydrogen (secondary N) is 2. The van der Waals surface area contributed by atoms with E-state index in [1.807, 2.05) is 38.1 Å². The van der Waals surface area contributed by atoms with E-state index in [1.54, 1.807) is 6.92 Å². The molecule has 2 rings (SSSR count). The fourth-order valence-electron chi connectivity index (χ4n) is 1.70. The van der Waals surface area contributed by atoms with E-state index in [1.165, 1.54) is 0 Å². The lowest BCUT2D eigenvalue weighted by Gasteiger charge is -2.12. The van der Waals surface area contributed by atoms with Crippen molar-refractivity contribution in [1.29, 1.82) is 0 Å². The Morgan fingerprint density at radius 3 is 2.45 bits per heavy atom. The molecule has 0 aliphatic heterocycles. The molecule has 0 unspecified atom stereocenters. The fraction of sp³-hybridized carbons (Fsp3) is 0.357. The number of carbonyl (C=O) groups excluding carboxylic acids is 1. The number of hydrogen-bond donors (Lipinski definition) is 2. The zero-order valence-electron chi connectivity index (χ0n) is 11.8. The van der Waals surface area contributed by atoms with Gasteiger partial charge in [0.2, 0.25) is 17.7 Å². The smallest absolute Gasteiger partial charge is 0.238 e. The Morgan fingerprint density at radius 1 is 1.25 bits per heavy atom. The van der Waals surface area contributed by atoms with Gasteiger partial charge in [-0.1, -0.05) is 6.92 Å². The summed E-state index contributed by atoms with van der Waals surface area (Å²) in [5.74, 6) is 1.09. The van der Waals surface area contributed by atoms with Crippen molar-refractivity contribution in [2.24, 2.45) is 0 Å². The van der Waals surface area contributed by atoms with E-state index in [0.29, 0.717) is 18.2 Å². The van der Waals surface area contributed by atoms with Crippen molar-refractivity contribution < 1.29 is 9.21 Å². The standard InChI is InChI=1S/C14H18N4O2/c1-4-13(19)16-12-7-5-11(6-8-12)15-9(2)14-18-17-10(3)20-14/h5-9,15H,4H2,1-3H3,(H,16,19)/t9-/m1/s1. The molecule has 1 amide bonds. The van der Waals surface area contributed by atoms with Gasteiger partial charge in [-0.05, 0) is 31.2 Å². The highest BCUT2D eigenvalue weighted by molar-refractivity contribution is 5.90. The maximum Gasteiger partial charge on any atom is 0.238 e. The second-order valence-corrected chi connectivity index (χ2v) is 4.50. The van der Waals surface area contributed by atoms with E-state index in [4.69, 9.17) is 4.42 Å². The van der Waals surface area contributed by atoms with Gasteiger partial charge in [0.05, 0.1) is 0 Å². The molecule has 20 heavy (non-hydrogen) atoms. The number of rotatable bonds is 5. The number of aryl methyl sites for hydroxylation is 1. The molecule has 0 aliphatic carbocycles. The van der Waals surface area contributed by atoms with Crippen LogP contribution in [-0.4, -0.2) is 16.1 Å². The number of nitrogens with zero attached hydrogens (tertiary/aromatic N) is 2. The second kappa shape index (κ2) is 6.18. The van der Waals surface area contributed by atoms with Crippen molar-refractivity contribution in [3.63, 3.8) is 0 Å². The first-order valence-electron chi connectivity index (χ1n) is 6.55. The summed E-state index contributed by atoms with van der Waals surface area (Å²) in [6.45, 7) is 5.52. The van der Waals surface area contributed by atoms with Crippen molar-refractivity contribution in [3.05, 3.63) is 36.0 Å². The van der Waals surface area contributed by atoms with Crippen molar-refractivity contribution in [2.75, 3.05) is 10.6 Å². The summed E-state index contributed by atoms with van der Waals surface area (Å²) in [7, 11) is 0. The highest BCUT2D eigenvalue weighted by atomic mass is 16.4. The molecule has 0 saturated carbocycles. The summed E-state index contributed by atoms with van der Waals surface area (Å²) in [6.07, 6.45) is 0.466. The van der Waals surface area contributed by atoms with E-state index in [-0.39, 0.29) is 11.9 Å². The van der Waals surface area contributed by atoms with E-state index in [2.05, 4.69) is 20.8 Å². The lowest BCUT2D eigenvalue weighted by atomic mass is 10.2. The largest absolute Gasteiger partial charge is 0.423 e. The third kappa shape index (κ3) is 3.57. The number of carbonyl (C=O) groups is 1. The van der Waals surface area contributed by atoms with Crippen LogP contribution >= 0.6 is 0 Å². The van der Waals surface area contributed by atoms with Gasteiger partial charge in [0, 0.05) is 24.7 Å². The van der Waals surface area contributed by atoms with Crippen molar-refractivity contribution in [3.8, 4) is 0 Å². The van der Waals surface area contributed by atoms with Gasteiger partial charge >= 0.3 is 0 Å². The molecular weight excluding hydrogens is 256 g/mol. The zero-order chi connectivity index (χ0) is 14.5. The lowest BCUT2D eigenvalue weighted by molar-refractivity contribution is -0.115. The summed E-state index contributed by atoms with van der Waals surface area (Å²) in [6, 6.07) is 7.41. The molecule has 1 aromatic carbocycles. The van der Waals surface area contributed by atoms with Crippen LogP contribution in [0.3, 0.4) is 0 Å². The normalized spacial score (nSPS) is 11.9. The fourth-order valence-corrected chi connectivity index (χ4v) is 1.70. The van der Waals surface area contributed by atoms with E-state index >= 15 is 0 Å². The maximum atomic E-state index is 11.3. The van der Waals surface area contributed by atoms with Crippen molar-refractivity contribution in [2.45, 2.75) is 33.2 Å². The predicted molar refractivity (Wildman–Crippen MR) is 76.4 cm³/mol. The van der Waals surface area contributed by atoms with E-state index in [9.17, 15) is 4.79 Å². The minimum Gasteiger partial charge on any atom is -0.423 e. The first-order valence-corrected chi connectivity index (χ1v) is 6.55. The highest BCUT2D eigenvalue weighted by Crippen LogP contribution is 2.20. The van der Waals surface area contributed by atoms with Crippen LogP contribution in [0.5, 0.6) is 0 Å². The van der Waals surface area contributed by atoms with E-state index in [0.717, 1.165) is 11.4 Å². The summed E-state index contributed by atoms with van der Waals surface area (Å²) in [5, 5.41) is 13.8. The Balaban J connectivity index is 1.98. The molecule has 6 nitrogen and oxygen atoms in total. The molecule has 0 bridgehead atoms. The topological polar surface area (TPSA) is 80.0 Å². The molecule has 2 aromatic rings. The van der Waals surface area contributed by atoms with Crippen LogP contribution < -0.4 is 10.6 Å². The Labute approximate surface area is 117 Å². The van der Waals surface area contributed by atoms with Crippen LogP contribution in [0.15, 0.2) is 28.7 Å². The minimum absolute atomic E-state index is 0.000382. The van der Waals surface area contributed by atoms with Gasteiger partial charge in [-0.25, -0.2) is 0 Å². The molecule has 2 N–H and O–H groups in total. The molecule has 0 saturated heterocycles. The van der Waals surface area contributed by atoms with Crippen LogP contribution in [0.1, 0.15) is 38.1 Å². The minimum atomic E-state index is -0.0766. The lowest BCUT2D eigenvalue weighted by Crippen LogP contribution is -2.10. The van der Waals surface area contributed by atoms with Crippen molar-refractivity contribution >= 4 is 17.3 Å².